The summed E-state index contributed by atoms with van der Waals surface area (Å²) in [4.78, 5) is 4.15. The number of rotatable bonds is 6. The summed E-state index contributed by atoms with van der Waals surface area (Å²) in [6, 6.07) is 12.7. The van der Waals surface area contributed by atoms with E-state index >= 15 is 0 Å². The second-order valence-electron chi connectivity index (χ2n) is 6.57. The Kier molecular flexibility index (Phi) is 4.75. The fraction of sp³-hybridized carbons (Fsp3) is 0.263. The zero-order chi connectivity index (χ0) is 19.0. The molecule has 3 aromatic rings. The Bertz CT molecular complexity index is 1050. The van der Waals surface area contributed by atoms with E-state index in [1.807, 2.05) is 37.3 Å². The number of pyridine rings is 1. The normalized spacial score (nSPS) is 14.6. The summed E-state index contributed by atoms with van der Waals surface area (Å²) in [6.45, 7) is 2.04. The van der Waals surface area contributed by atoms with E-state index in [9.17, 15) is 8.42 Å². The Morgan fingerprint density at radius 1 is 1.19 bits per heavy atom. The van der Waals surface area contributed by atoms with E-state index in [1.54, 1.807) is 23.0 Å². The summed E-state index contributed by atoms with van der Waals surface area (Å²) in [5, 5.41) is 4.95. The van der Waals surface area contributed by atoms with Crippen LogP contribution in [0.1, 0.15) is 24.1 Å². The van der Waals surface area contributed by atoms with E-state index in [0.29, 0.717) is 5.15 Å². The van der Waals surface area contributed by atoms with Gasteiger partial charge in [0.25, 0.3) is 0 Å². The first kappa shape index (κ1) is 18.2. The van der Waals surface area contributed by atoms with Crippen molar-refractivity contribution < 1.29 is 8.42 Å². The van der Waals surface area contributed by atoms with E-state index in [2.05, 4.69) is 10.1 Å². The summed E-state index contributed by atoms with van der Waals surface area (Å²) in [7, 11) is -3.65. The molecule has 1 fully saturated rings. The van der Waals surface area contributed by atoms with Gasteiger partial charge in [-0.1, -0.05) is 29.8 Å². The predicted molar refractivity (Wildman–Crippen MR) is 103 cm³/mol. The van der Waals surface area contributed by atoms with Crippen LogP contribution in [0.15, 0.2) is 59.8 Å². The van der Waals surface area contributed by atoms with Crippen LogP contribution in [0.2, 0.25) is 5.15 Å². The van der Waals surface area contributed by atoms with Crippen molar-refractivity contribution in [2.24, 2.45) is 0 Å². The minimum absolute atomic E-state index is 0.00857. The molecule has 0 aliphatic heterocycles. The van der Waals surface area contributed by atoms with Crippen LogP contribution in [-0.4, -0.2) is 33.5 Å². The topological polar surface area (TPSA) is 68.1 Å². The Balaban J connectivity index is 1.71. The number of hydrogen-bond acceptors (Lipinski definition) is 4. The lowest BCUT2D eigenvalue weighted by molar-refractivity contribution is 0.398. The monoisotopic (exact) mass is 402 g/mol. The molecule has 4 rings (SSSR count). The number of sulfonamides is 1. The Morgan fingerprint density at radius 2 is 1.93 bits per heavy atom. The Labute approximate surface area is 163 Å². The van der Waals surface area contributed by atoms with Gasteiger partial charge in [0.1, 0.15) is 10.0 Å². The quantitative estimate of drug-likeness (QED) is 0.632. The van der Waals surface area contributed by atoms with Gasteiger partial charge in [-0.05, 0) is 44.0 Å². The first-order chi connectivity index (χ1) is 13.0. The molecule has 0 N–H and O–H groups in total. The molecule has 8 heteroatoms. The summed E-state index contributed by atoms with van der Waals surface area (Å²) >= 11 is 6.60. The maximum absolute atomic E-state index is 13.1. The van der Waals surface area contributed by atoms with E-state index in [-0.39, 0.29) is 17.5 Å². The fourth-order valence-electron chi connectivity index (χ4n) is 3.02. The molecule has 27 heavy (non-hydrogen) atoms. The minimum atomic E-state index is -3.65. The highest BCUT2D eigenvalue weighted by Crippen LogP contribution is 2.35. The van der Waals surface area contributed by atoms with Crippen LogP contribution in [0, 0.1) is 6.92 Å². The first-order valence-electron chi connectivity index (χ1n) is 8.70. The van der Waals surface area contributed by atoms with E-state index in [4.69, 9.17) is 11.6 Å². The van der Waals surface area contributed by atoms with Gasteiger partial charge in [0, 0.05) is 30.5 Å². The van der Waals surface area contributed by atoms with Crippen LogP contribution >= 0.6 is 11.6 Å². The molecule has 0 unspecified atom stereocenters. The smallest absolute Gasteiger partial charge is 0.245 e. The van der Waals surface area contributed by atoms with Gasteiger partial charge in [0.05, 0.1) is 11.4 Å². The molecule has 0 saturated heterocycles. The van der Waals surface area contributed by atoms with Crippen LogP contribution in [0.5, 0.6) is 0 Å². The Morgan fingerprint density at radius 3 is 2.56 bits per heavy atom. The van der Waals surface area contributed by atoms with Gasteiger partial charge in [-0.3, -0.25) is 4.98 Å². The molecule has 0 atom stereocenters. The second kappa shape index (κ2) is 7.07. The van der Waals surface area contributed by atoms with Gasteiger partial charge < -0.3 is 0 Å². The molecule has 0 amide bonds. The summed E-state index contributed by atoms with van der Waals surface area (Å²) in [6.07, 6.45) is 4.64. The lowest BCUT2D eigenvalue weighted by Gasteiger charge is -2.21. The predicted octanol–water partition coefficient (Wildman–Crippen LogP) is 3.58. The fourth-order valence-corrected chi connectivity index (χ4v) is 4.96. The number of nitrogens with zero attached hydrogens (tertiary/aromatic N) is 4. The lowest BCUT2D eigenvalue weighted by atomic mass is 10.2. The molecule has 6 nitrogen and oxygen atoms in total. The first-order valence-corrected chi connectivity index (χ1v) is 10.5. The number of aryl methyl sites for hydroxylation is 1. The highest BCUT2D eigenvalue weighted by atomic mass is 35.5. The number of para-hydroxylation sites is 1. The van der Waals surface area contributed by atoms with Crippen molar-refractivity contribution in [3.8, 4) is 5.69 Å². The SMILES string of the molecule is Cc1nn(-c2ccccc2)c(Cl)c1CN(C1CC1)S(=O)(=O)c1cccnc1. The van der Waals surface area contributed by atoms with Gasteiger partial charge in [0.15, 0.2) is 0 Å². The number of halogens is 1. The molecule has 1 aliphatic carbocycles. The highest BCUT2D eigenvalue weighted by molar-refractivity contribution is 7.89. The molecule has 1 aliphatic rings. The second-order valence-corrected chi connectivity index (χ2v) is 8.82. The Hall–Kier alpha value is -2.22. The third-order valence-electron chi connectivity index (χ3n) is 4.63. The molecule has 140 valence electrons. The van der Waals surface area contributed by atoms with E-state index in [0.717, 1.165) is 29.8 Å². The van der Waals surface area contributed by atoms with Crippen molar-refractivity contribution in [2.75, 3.05) is 0 Å². The zero-order valence-corrected chi connectivity index (χ0v) is 16.4. The number of aromatic nitrogens is 3. The molecule has 2 aromatic heterocycles. The molecule has 0 spiro atoms. The van der Waals surface area contributed by atoms with Crippen LogP contribution in [0.3, 0.4) is 0 Å². The highest BCUT2D eigenvalue weighted by Gasteiger charge is 2.39. The van der Waals surface area contributed by atoms with Crippen molar-refractivity contribution in [1.29, 1.82) is 0 Å². The maximum Gasteiger partial charge on any atom is 0.245 e. The van der Waals surface area contributed by atoms with Crippen molar-refractivity contribution in [3.63, 3.8) is 0 Å². The molecule has 2 heterocycles. The van der Waals surface area contributed by atoms with Gasteiger partial charge in [-0.2, -0.15) is 9.40 Å². The van der Waals surface area contributed by atoms with Crippen molar-refractivity contribution >= 4 is 21.6 Å². The standard InChI is InChI=1S/C19H19ClN4O2S/c1-14-18(19(20)24(22-14)16-6-3-2-4-7-16)13-23(15-9-10-15)27(25,26)17-8-5-11-21-12-17/h2-8,11-12,15H,9-10,13H2,1H3. The van der Waals surface area contributed by atoms with E-state index in [1.165, 1.54) is 10.5 Å². The van der Waals surface area contributed by atoms with Crippen molar-refractivity contribution in [3.05, 3.63) is 71.3 Å². The lowest BCUT2D eigenvalue weighted by Crippen LogP contribution is -2.33. The molecule has 1 saturated carbocycles. The maximum atomic E-state index is 13.1. The van der Waals surface area contributed by atoms with Crippen LogP contribution in [0.4, 0.5) is 0 Å². The average Bonchev–Trinajstić information content (AvgIpc) is 3.48. The van der Waals surface area contributed by atoms with Gasteiger partial charge >= 0.3 is 0 Å². The minimum Gasteiger partial charge on any atom is -0.263 e. The van der Waals surface area contributed by atoms with Crippen LogP contribution < -0.4 is 0 Å². The van der Waals surface area contributed by atoms with Crippen LogP contribution in [0.25, 0.3) is 5.69 Å². The van der Waals surface area contributed by atoms with Gasteiger partial charge in [-0.25, -0.2) is 13.1 Å². The molecule has 1 aromatic carbocycles. The van der Waals surface area contributed by atoms with Crippen LogP contribution in [-0.2, 0) is 16.6 Å². The largest absolute Gasteiger partial charge is 0.263 e. The third-order valence-corrected chi connectivity index (χ3v) is 6.90. The molecular weight excluding hydrogens is 384 g/mol. The average molecular weight is 403 g/mol. The summed E-state index contributed by atoms with van der Waals surface area (Å²) < 4.78 is 29.4. The van der Waals surface area contributed by atoms with E-state index < -0.39 is 10.0 Å². The third kappa shape index (κ3) is 3.50. The molecule has 0 bridgehead atoms. The summed E-state index contributed by atoms with van der Waals surface area (Å²) in [5.41, 5.74) is 2.28. The van der Waals surface area contributed by atoms with Gasteiger partial charge in [-0.15, -0.1) is 0 Å². The zero-order valence-electron chi connectivity index (χ0n) is 14.8. The number of benzene rings is 1. The number of hydrogen-bond donors (Lipinski definition) is 0. The van der Waals surface area contributed by atoms with Crippen molar-refractivity contribution in [1.82, 2.24) is 19.1 Å². The van der Waals surface area contributed by atoms with Gasteiger partial charge in [0.2, 0.25) is 10.0 Å². The van der Waals surface area contributed by atoms with Crippen molar-refractivity contribution in [2.45, 2.75) is 37.2 Å². The summed E-state index contributed by atoms with van der Waals surface area (Å²) in [5.74, 6) is 0. The molecular formula is C19H19ClN4O2S. The molecule has 0 radical (unpaired) electrons.